The molecule has 4 nitrogen and oxygen atoms in total. The lowest BCUT2D eigenvalue weighted by Crippen LogP contribution is -2.44. The molecule has 0 bridgehead atoms. The van der Waals surface area contributed by atoms with Crippen LogP contribution in [0.2, 0.25) is 0 Å². The van der Waals surface area contributed by atoms with Crippen LogP contribution >= 0.6 is 23.1 Å². The third-order valence-corrected chi connectivity index (χ3v) is 5.42. The molecule has 120 valence electrons. The number of rotatable bonds is 8. The van der Waals surface area contributed by atoms with Gasteiger partial charge >= 0.3 is 0 Å². The van der Waals surface area contributed by atoms with Crippen molar-refractivity contribution in [1.29, 1.82) is 0 Å². The molecule has 0 amide bonds. The zero-order chi connectivity index (χ0) is 15.1. The van der Waals surface area contributed by atoms with Gasteiger partial charge in [0.15, 0.2) is 0 Å². The van der Waals surface area contributed by atoms with Crippen molar-refractivity contribution in [3.63, 3.8) is 0 Å². The van der Waals surface area contributed by atoms with Crippen LogP contribution in [0.15, 0.2) is 17.5 Å². The minimum Gasteiger partial charge on any atom is -0.391 e. The molecule has 0 saturated carbocycles. The van der Waals surface area contributed by atoms with Crippen molar-refractivity contribution in [2.45, 2.75) is 12.1 Å². The molecule has 6 heteroatoms. The highest BCUT2D eigenvalue weighted by atomic mass is 32.2. The molecule has 1 fully saturated rings. The van der Waals surface area contributed by atoms with Crippen LogP contribution in [0.4, 0.5) is 0 Å². The van der Waals surface area contributed by atoms with E-state index < -0.39 is 0 Å². The molecule has 1 aliphatic heterocycles. The van der Waals surface area contributed by atoms with Crippen LogP contribution in [0.1, 0.15) is 10.9 Å². The Bertz CT molecular complexity index is 383. The average molecular weight is 331 g/mol. The molecule has 1 aromatic rings. The van der Waals surface area contributed by atoms with Gasteiger partial charge in [-0.2, -0.15) is 11.8 Å². The van der Waals surface area contributed by atoms with Gasteiger partial charge in [0.25, 0.3) is 0 Å². The molecule has 2 heterocycles. The van der Waals surface area contributed by atoms with Crippen LogP contribution in [-0.4, -0.2) is 79.5 Å². The van der Waals surface area contributed by atoms with Crippen molar-refractivity contribution >= 4 is 23.1 Å². The molecule has 0 aromatic carbocycles. The van der Waals surface area contributed by atoms with Gasteiger partial charge in [0, 0.05) is 36.8 Å². The minimum absolute atomic E-state index is 0.251. The van der Waals surface area contributed by atoms with Crippen molar-refractivity contribution in [3.8, 4) is 0 Å². The summed E-state index contributed by atoms with van der Waals surface area (Å²) in [5.41, 5.74) is 0. The smallest absolute Gasteiger partial charge is 0.0757 e. The zero-order valence-electron chi connectivity index (χ0n) is 12.9. The van der Waals surface area contributed by atoms with E-state index in [-0.39, 0.29) is 6.10 Å². The van der Waals surface area contributed by atoms with Crippen LogP contribution in [0.3, 0.4) is 0 Å². The molecule has 1 N–H and O–H groups in total. The number of thioether (sulfide) groups is 1. The summed E-state index contributed by atoms with van der Waals surface area (Å²) in [7, 11) is 2.10. The molecule has 21 heavy (non-hydrogen) atoms. The number of hydrogen-bond donors (Lipinski definition) is 1. The van der Waals surface area contributed by atoms with E-state index in [1.165, 1.54) is 4.88 Å². The molecule has 0 aliphatic carbocycles. The first kappa shape index (κ1) is 17.2. The Balaban J connectivity index is 1.95. The second kappa shape index (κ2) is 9.12. The number of aliphatic hydroxyl groups excluding tert-OH is 1. The largest absolute Gasteiger partial charge is 0.391 e. The third kappa shape index (κ3) is 5.54. The van der Waals surface area contributed by atoms with E-state index in [0.29, 0.717) is 6.04 Å². The maximum atomic E-state index is 9.98. The van der Waals surface area contributed by atoms with E-state index in [2.05, 4.69) is 34.4 Å². The monoisotopic (exact) mass is 330 g/mol. The van der Waals surface area contributed by atoms with Crippen LogP contribution in [-0.2, 0) is 4.74 Å². The third-order valence-electron chi connectivity index (χ3n) is 3.72. The van der Waals surface area contributed by atoms with E-state index >= 15 is 0 Å². The van der Waals surface area contributed by atoms with E-state index in [1.807, 2.05) is 17.6 Å². The highest BCUT2D eigenvalue weighted by molar-refractivity contribution is 7.98. The fourth-order valence-electron chi connectivity index (χ4n) is 2.73. The van der Waals surface area contributed by atoms with Gasteiger partial charge in [-0.05, 0) is 24.7 Å². The molecule has 1 aliphatic rings. The molecule has 1 aromatic heterocycles. The predicted octanol–water partition coefficient (Wildman–Crippen LogP) is 1.78. The molecule has 2 atom stereocenters. The van der Waals surface area contributed by atoms with Crippen molar-refractivity contribution < 1.29 is 9.84 Å². The lowest BCUT2D eigenvalue weighted by atomic mass is 10.1. The number of aliphatic hydroxyl groups is 1. The van der Waals surface area contributed by atoms with Gasteiger partial charge in [0.05, 0.1) is 25.4 Å². The first-order valence-corrected chi connectivity index (χ1v) is 9.68. The summed E-state index contributed by atoms with van der Waals surface area (Å²) in [6, 6.07) is 4.74. The molecule has 2 rings (SSSR count). The van der Waals surface area contributed by atoms with E-state index in [1.54, 1.807) is 11.8 Å². The zero-order valence-corrected chi connectivity index (χ0v) is 14.5. The summed E-state index contributed by atoms with van der Waals surface area (Å²) in [5.74, 6) is 0.797. The topological polar surface area (TPSA) is 35.9 Å². The normalized spacial score (nSPS) is 19.8. The minimum atomic E-state index is -0.251. The second-order valence-corrected chi connectivity index (χ2v) is 7.40. The summed E-state index contributed by atoms with van der Waals surface area (Å²) in [5, 5.41) is 12.1. The maximum absolute atomic E-state index is 9.98. The van der Waals surface area contributed by atoms with Gasteiger partial charge in [-0.25, -0.2) is 0 Å². The lowest BCUT2D eigenvalue weighted by molar-refractivity contribution is 0.00765. The number of morpholine rings is 1. The SMILES string of the molecule is CSC[C@@H](O)CN(C)C[C@@H](c1cccs1)N1CCOCC1. The molecular weight excluding hydrogens is 304 g/mol. The number of thiophene rings is 1. The van der Waals surface area contributed by atoms with Gasteiger partial charge in [0.2, 0.25) is 0 Å². The Labute approximate surface area is 136 Å². The molecule has 0 spiro atoms. The van der Waals surface area contributed by atoms with E-state index in [0.717, 1.165) is 45.1 Å². The summed E-state index contributed by atoms with van der Waals surface area (Å²) in [6.07, 6.45) is 1.78. The fourth-order valence-corrected chi connectivity index (χ4v) is 4.07. The maximum Gasteiger partial charge on any atom is 0.0757 e. The van der Waals surface area contributed by atoms with Gasteiger partial charge in [-0.3, -0.25) is 4.90 Å². The summed E-state index contributed by atoms with van der Waals surface area (Å²) in [4.78, 5) is 6.16. The van der Waals surface area contributed by atoms with Gasteiger partial charge in [-0.15, -0.1) is 11.3 Å². The lowest BCUT2D eigenvalue weighted by Gasteiger charge is -2.36. The quantitative estimate of drug-likeness (QED) is 0.786. The fraction of sp³-hybridized carbons (Fsp3) is 0.733. The predicted molar refractivity (Wildman–Crippen MR) is 91.3 cm³/mol. The highest BCUT2D eigenvalue weighted by Crippen LogP contribution is 2.26. The Kier molecular flexibility index (Phi) is 7.49. The van der Waals surface area contributed by atoms with Gasteiger partial charge in [0.1, 0.15) is 0 Å². The average Bonchev–Trinajstić information content (AvgIpc) is 3.00. The van der Waals surface area contributed by atoms with Crippen LogP contribution in [0, 0.1) is 0 Å². The summed E-state index contributed by atoms with van der Waals surface area (Å²) in [6.45, 7) is 5.30. The Morgan fingerprint density at radius 1 is 1.43 bits per heavy atom. The standard InChI is InChI=1S/C15H26N2O2S2/c1-16(10-13(18)12-20-2)11-14(15-4-3-9-21-15)17-5-7-19-8-6-17/h3-4,9,13-14,18H,5-8,10-12H2,1-2H3/t13-,14-/m0/s1. The van der Waals surface area contributed by atoms with Crippen molar-refractivity contribution in [2.75, 3.05) is 58.4 Å². The number of likely N-dealkylation sites (N-methyl/N-ethyl adjacent to an activating group) is 1. The summed E-state index contributed by atoms with van der Waals surface area (Å²) >= 11 is 3.51. The molecule has 0 radical (unpaired) electrons. The Morgan fingerprint density at radius 2 is 2.19 bits per heavy atom. The van der Waals surface area contributed by atoms with Crippen LogP contribution < -0.4 is 0 Å². The second-order valence-electron chi connectivity index (χ2n) is 5.51. The van der Waals surface area contributed by atoms with Crippen LogP contribution in [0.5, 0.6) is 0 Å². The molecule has 0 unspecified atom stereocenters. The number of nitrogens with zero attached hydrogens (tertiary/aromatic N) is 2. The van der Waals surface area contributed by atoms with Crippen LogP contribution in [0.25, 0.3) is 0 Å². The Morgan fingerprint density at radius 3 is 2.81 bits per heavy atom. The van der Waals surface area contributed by atoms with Gasteiger partial charge < -0.3 is 14.7 Å². The van der Waals surface area contributed by atoms with E-state index in [4.69, 9.17) is 4.74 Å². The van der Waals surface area contributed by atoms with Gasteiger partial charge in [-0.1, -0.05) is 6.07 Å². The van der Waals surface area contributed by atoms with E-state index in [9.17, 15) is 5.11 Å². The Hall–Kier alpha value is -0.110. The highest BCUT2D eigenvalue weighted by Gasteiger charge is 2.25. The van der Waals surface area contributed by atoms with Crippen molar-refractivity contribution in [2.24, 2.45) is 0 Å². The first-order valence-electron chi connectivity index (χ1n) is 7.41. The first-order chi connectivity index (χ1) is 10.2. The van der Waals surface area contributed by atoms with Crippen molar-refractivity contribution in [3.05, 3.63) is 22.4 Å². The molecular formula is C15H26N2O2S2. The number of ether oxygens (including phenoxy) is 1. The van der Waals surface area contributed by atoms with Crippen molar-refractivity contribution in [1.82, 2.24) is 9.80 Å². The number of hydrogen-bond acceptors (Lipinski definition) is 6. The molecule has 1 saturated heterocycles. The summed E-state index contributed by atoms with van der Waals surface area (Å²) < 4.78 is 5.47.